The third kappa shape index (κ3) is 4.47. The highest BCUT2D eigenvalue weighted by molar-refractivity contribution is 5.89. The van der Waals surface area contributed by atoms with Gasteiger partial charge < -0.3 is 15.2 Å². The summed E-state index contributed by atoms with van der Waals surface area (Å²) in [6.45, 7) is 5.61. The third-order valence-electron chi connectivity index (χ3n) is 2.74. The van der Waals surface area contributed by atoms with Gasteiger partial charge in [0.1, 0.15) is 0 Å². The van der Waals surface area contributed by atoms with Crippen LogP contribution >= 0.6 is 0 Å². The zero-order chi connectivity index (χ0) is 13.6. The van der Waals surface area contributed by atoms with Crippen LogP contribution in [-0.2, 0) is 11.3 Å². The van der Waals surface area contributed by atoms with Gasteiger partial charge in [0.05, 0.1) is 12.7 Å². The Balaban J connectivity index is 2.47. The van der Waals surface area contributed by atoms with Crippen molar-refractivity contribution < 1.29 is 14.6 Å². The maximum absolute atomic E-state index is 11.2. The average molecular weight is 251 g/mol. The average Bonchev–Trinajstić information content (AvgIpc) is 2.38. The number of carbonyl (C=O) groups is 1. The Morgan fingerprint density at radius 3 is 2.44 bits per heavy atom. The predicted octanol–water partition coefficient (Wildman–Crippen LogP) is 1.58. The number of esters is 1. The van der Waals surface area contributed by atoms with E-state index in [1.807, 2.05) is 26.0 Å². The van der Waals surface area contributed by atoms with E-state index in [4.69, 9.17) is 5.11 Å². The zero-order valence-corrected chi connectivity index (χ0v) is 11.2. The van der Waals surface area contributed by atoms with E-state index in [2.05, 4.69) is 10.1 Å². The van der Waals surface area contributed by atoms with Crippen molar-refractivity contribution in [2.75, 3.05) is 20.3 Å². The van der Waals surface area contributed by atoms with Crippen LogP contribution in [0.4, 0.5) is 0 Å². The van der Waals surface area contributed by atoms with Crippen LogP contribution < -0.4 is 5.32 Å². The number of aliphatic hydroxyl groups is 1. The smallest absolute Gasteiger partial charge is 0.337 e. The summed E-state index contributed by atoms with van der Waals surface area (Å²) in [4.78, 5) is 11.2. The molecule has 4 heteroatoms. The molecule has 4 nitrogen and oxygen atoms in total. The molecule has 0 heterocycles. The molecule has 100 valence electrons. The van der Waals surface area contributed by atoms with Crippen LogP contribution in [0.5, 0.6) is 0 Å². The molecule has 1 aromatic rings. The lowest BCUT2D eigenvalue weighted by Crippen LogP contribution is -2.31. The fourth-order valence-electron chi connectivity index (χ4n) is 1.48. The van der Waals surface area contributed by atoms with Crippen LogP contribution in [-0.4, -0.2) is 31.3 Å². The molecular formula is C14H21NO3. The zero-order valence-electron chi connectivity index (χ0n) is 11.2. The van der Waals surface area contributed by atoms with Gasteiger partial charge in [-0.15, -0.1) is 0 Å². The largest absolute Gasteiger partial charge is 0.465 e. The van der Waals surface area contributed by atoms with Crippen molar-refractivity contribution in [2.45, 2.75) is 20.4 Å². The number of hydrogen-bond donors (Lipinski definition) is 2. The van der Waals surface area contributed by atoms with Crippen molar-refractivity contribution in [1.82, 2.24) is 5.32 Å². The molecule has 0 atom stereocenters. The molecule has 2 N–H and O–H groups in total. The minimum atomic E-state index is -0.323. The molecular weight excluding hydrogens is 230 g/mol. The first-order valence-corrected chi connectivity index (χ1v) is 5.97. The molecule has 0 aliphatic carbocycles. The molecule has 0 aromatic heterocycles. The van der Waals surface area contributed by atoms with Crippen LogP contribution in [0.25, 0.3) is 0 Å². The molecule has 1 rings (SSSR count). The topological polar surface area (TPSA) is 58.6 Å². The fourth-order valence-corrected chi connectivity index (χ4v) is 1.48. The first-order valence-electron chi connectivity index (χ1n) is 5.97. The number of benzene rings is 1. The van der Waals surface area contributed by atoms with E-state index in [9.17, 15) is 4.79 Å². The fraction of sp³-hybridized carbons (Fsp3) is 0.500. The number of nitrogens with one attached hydrogen (secondary N) is 1. The molecule has 0 aliphatic heterocycles. The summed E-state index contributed by atoms with van der Waals surface area (Å²) in [5.41, 5.74) is 1.53. The molecule has 0 bridgehead atoms. The maximum atomic E-state index is 11.2. The monoisotopic (exact) mass is 251 g/mol. The second-order valence-electron chi connectivity index (χ2n) is 5.11. The normalized spacial score (nSPS) is 11.3. The number of aliphatic hydroxyl groups excluding tert-OH is 1. The van der Waals surface area contributed by atoms with Gasteiger partial charge in [0.15, 0.2) is 0 Å². The van der Waals surface area contributed by atoms with E-state index in [1.54, 1.807) is 12.1 Å². The van der Waals surface area contributed by atoms with E-state index in [-0.39, 0.29) is 18.0 Å². The van der Waals surface area contributed by atoms with Crippen LogP contribution in [0.3, 0.4) is 0 Å². The van der Waals surface area contributed by atoms with Crippen molar-refractivity contribution in [1.29, 1.82) is 0 Å². The molecule has 0 saturated heterocycles. The highest BCUT2D eigenvalue weighted by atomic mass is 16.5. The number of ether oxygens (including phenoxy) is 1. The lowest BCUT2D eigenvalue weighted by molar-refractivity contribution is 0.0600. The Labute approximate surface area is 108 Å². The van der Waals surface area contributed by atoms with Crippen LogP contribution in [0, 0.1) is 5.41 Å². The summed E-state index contributed by atoms with van der Waals surface area (Å²) < 4.78 is 4.63. The Kier molecular flexibility index (Phi) is 5.31. The number of rotatable bonds is 6. The molecule has 18 heavy (non-hydrogen) atoms. The van der Waals surface area contributed by atoms with Crippen LogP contribution in [0.15, 0.2) is 24.3 Å². The molecule has 0 spiro atoms. The Morgan fingerprint density at radius 1 is 1.33 bits per heavy atom. The van der Waals surface area contributed by atoms with Crippen molar-refractivity contribution in [2.24, 2.45) is 5.41 Å². The summed E-state index contributed by atoms with van der Waals surface area (Å²) >= 11 is 0. The van der Waals surface area contributed by atoms with E-state index in [0.717, 1.165) is 12.1 Å². The van der Waals surface area contributed by atoms with Gasteiger partial charge in [-0.25, -0.2) is 4.79 Å². The minimum Gasteiger partial charge on any atom is -0.465 e. The van der Waals surface area contributed by atoms with Crippen molar-refractivity contribution >= 4 is 5.97 Å². The molecule has 0 radical (unpaired) electrons. The third-order valence-corrected chi connectivity index (χ3v) is 2.74. The summed E-state index contributed by atoms with van der Waals surface area (Å²) in [6, 6.07) is 7.29. The van der Waals surface area contributed by atoms with Crippen molar-refractivity contribution in [3.63, 3.8) is 0 Å². The van der Waals surface area contributed by atoms with Crippen molar-refractivity contribution in [3.05, 3.63) is 35.4 Å². The van der Waals surface area contributed by atoms with Gasteiger partial charge in [-0.05, 0) is 17.7 Å². The lowest BCUT2D eigenvalue weighted by atomic mass is 9.95. The van der Waals surface area contributed by atoms with E-state index >= 15 is 0 Å². The standard InChI is InChI=1S/C14H21NO3/c1-14(2,10-16)9-15-8-11-4-6-12(7-5-11)13(17)18-3/h4-7,15-16H,8-10H2,1-3H3. The van der Waals surface area contributed by atoms with E-state index in [1.165, 1.54) is 7.11 Å². The van der Waals surface area contributed by atoms with E-state index < -0.39 is 0 Å². The SMILES string of the molecule is COC(=O)c1ccc(CNCC(C)(C)CO)cc1. The van der Waals surface area contributed by atoms with Gasteiger partial charge >= 0.3 is 5.97 Å². The van der Waals surface area contributed by atoms with Crippen LogP contribution in [0.1, 0.15) is 29.8 Å². The number of carbonyl (C=O) groups excluding carboxylic acids is 1. The quantitative estimate of drug-likeness (QED) is 0.754. The van der Waals surface area contributed by atoms with Gasteiger partial charge in [0.25, 0.3) is 0 Å². The van der Waals surface area contributed by atoms with Gasteiger partial charge in [0.2, 0.25) is 0 Å². The molecule has 0 aliphatic rings. The Morgan fingerprint density at radius 2 is 1.94 bits per heavy atom. The number of methoxy groups -OCH3 is 1. The van der Waals surface area contributed by atoms with Gasteiger partial charge in [-0.1, -0.05) is 26.0 Å². The first kappa shape index (κ1) is 14.7. The minimum absolute atomic E-state index is 0.119. The lowest BCUT2D eigenvalue weighted by Gasteiger charge is -2.21. The summed E-state index contributed by atoms with van der Waals surface area (Å²) in [7, 11) is 1.37. The molecule has 0 amide bonds. The van der Waals surface area contributed by atoms with Gasteiger partial charge in [-0.2, -0.15) is 0 Å². The highest BCUT2D eigenvalue weighted by Crippen LogP contribution is 2.12. The predicted molar refractivity (Wildman–Crippen MR) is 70.4 cm³/mol. The molecule has 0 unspecified atom stereocenters. The molecule has 0 saturated carbocycles. The number of hydrogen-bond acceptors (Lipinski definition) is 4. The van der Waals surface area contributed by atoms with Gasteiger partial charge in [-0.3, -0.25) is 0 Å². The highest BCUT2D eigenvalue weighted by Gasteiger charge is 2.15. The Bertz CT molecular complexity index is 385. The van der Waals surface area contributed by atoms with E-state index in [0.29, 0.717) is 12.1 Å². The maximum Gasteiger partial charge on any atom is 0.337 e. The second kappa shape index (κ2) is 6.52. The Hall–Kier alpha value is -1.39. The summed E-state index contributed by atoms with van der Waals surface area (Å²) in [5, 5.41) is 12.4. The molecule has 1 aromatic carbocycles. The second-order valence-corrected chi connectivity index (χ2v) is 5.11. The molecule has 0 fully saturated rings. The van der Waals surface area contributed by atoms with Crippen molar-refractivity contribution in [3.8, 4) is 0 Å². The van der Waals surface area contributed by atoms with Crippen LogP contribution in [0.2, 0.25) is 0 Å². The first-order chi connectivity index (χ1) is 8.48. The summed E-state index contributed by atoms with van der Waals surface area (Å²) in [6.07, 6.45) is 0. The van der Waals surface area contributed by atoms with Gasteiger partial charge in [0, 0.05) is 25.1 Å². The summed E-state index contributed by atoms with van der Waals surface area (Å²) in [5.74, 6) is -0.323.